The van der Waals surface area contributed by atoms with E-state index in [9.17, 15) is 0 Å². The number of benzene rings is 1. The normalized spacial score (nSPS) is 12.0. The van der Waals surface area contributed by atoms with Crippen molar-refractivity contribution in [2.45, 2.75) is 19.4 Å². The van der Waals surface area contributed by atoms with Crippen LogP contribution in [0.15, 0.2) is 36.5 Å². The van der Waals surface area contributed by atoms with Crippen molar-refractivity contribution >= 4 is 0 Å². The van der Waals surface area contributed by atoms with Gasteiger partial charge in [0.05, 0.1) is 14.2 Å². The van der Waals surface area contributed by atoms with E-state index in [2.05, 4.69) is 4.98 Å². The molecule has 1 aromatic heterocycles. The molecule has 0 aliphatic carbocycles. The van der Waals surface area contributed by atoms with Crippen molar-refractivity contribution in [3.05, 3.63) is 53.3 Å². The lowest BCUT2D eigenvalue weighted by Gasteiger charge is -2.15. The Kier molecular flexibility index (Phi) is 4.58. The van der Waals surface area contributed by atoms with Crippen molar-refractivity contribution in [3.63, 3.8) is 0 Å². The number of methoxy groups -OCH3 is 2. The molecule has 0 amide bonds. The number of aryl methyl sites for hydroxylation is 1. The summed E-state index contributed by atoms with van der Waals surface area (Å²) in [5.74, 6) is 1.40. The van der Waals surface area contributed by atoms with Crippen molar-refractivity contribution in [2.75, 3.05) is 14.2 Å². The van der Waals surface area contributed by atoms with E-state index in [1.165, 1.54) is 0 Å². The molecule has 0 bridgehead atoms. The predicted octanol–water partition coefficient (Wildman–Crippen LogP) is 2.65. The zero-order valence-corrected chi connectivity index (χ0v) is 12.1. The highest BCUT2D eigenvalue weighted by atomic mass is 16.5. The third kappa shape index (κ3) is 3.08. The molecule has 2 rings (SSSR count). The van der Waals surface area contributed by atoms with E-state index >= 15 is 0 Å². The van der Waals surface area contributed by atoms with Gasteiger partial charge < -0.3 is 15.2 Å². The molecule has 0 saturated carbocycles. The van der Waals surface area contributed by atoms with Gasteiger partial charge in [-0.1, -0.05) is 12.1 Å². The lowest BCUT2D eigenvalue weighted by atomic mass is 10.00. The molecule has 0 radical (unpaired) electrons. The molecule has 0 aliphatic heterocycles. The summed E-state index contributed by atoms with van der Waals surface area (Å²) in [5.41, 5.74) is 9.46. The van der Waals surface area contributed by atoms with E-state index in [1.54, 1.807) is 20.4 Å². The summed E-state index contributed by atoms with van der Waals surface area (Å²) in [6.07, 6.45) is 2.49. The maximum absolute atomic E-state index is 6.27. The molecule has 4 heteroatoms. The SMILES string of the molecule is COc1ccc(C(N)Cc2ncccc2C)cc1OC. The molecule has 1 aromatic carbocycles. The molecule has 1 heterocycles. The standard InChI is InChI=1S/C16H20N2O2/c1-11-5-4-8-18-14(11)10-13(17)12-6-7-15(19-2)16(9-12)20-3/h4-9,13H,10,17H2,1-3H3. The summed E-state index contributed by atoms with van der Waals surface area (Å²) in [5, 5.41) is 0. The van der Waals surface area contributed by atoms with Crippen LogP contribution in [0.3, 0.4) is 0 Å². The van der Waals surface area contributed by atoms with Gasteiger partial charge in [-0.25, -0.2) is 0 Å². The second-order valence-electron chi connectivity index (χ2n) is 4.69. The minimum atomic E-state index is -0.122. The van der Waals surface area contributed by atoms with Gasteiger partial charge in [0.25, 0.3) is 0 Å². The molecule has 1 unspecified atom stereocenters. The summed E-state index contributed by atoms with van der Waals surface area (Å²) in [6.45, 7) is 2.05. The molecule has 0 fully saturated rings. The largest absolute Gasteiger partial charge is 0.493 e. The minimum absolute atomic E-state index is 0.122. The number of ether oxygens (including phenoxy) is 2. The van der Waals surface area contributed by atoms with E-state index in [1.807, 2.05) is 37.3 Å². The highest BCUT2D eigenvalue weighted by Crippen LogP contribution is 2.30. The molecule has 2 aromatic rings. The fourth-order valence-corrected chi connectivity index (χ4v) is 2.14. The zero-order valence-electron chi connectivity index (χ0n) is 12.1. The van der Waals surface area contributed by atoms with E-state index in [-0.39, 0.29) is 6.04 Å². The first-order valence-corrected chi connectivity index (χ1v) is 6.53. The number of hydrogen-bond acceptors (Lipinski definition) is 4. The number of hydrogen-bond donors (Lipinski definition) is 1. The Morgan fingerprint density at radius 1 is 1.15 bits per heavy atom. The molecule has 0 aliphatic rings. The van der Waals surface area contributed by atoms with Gasteiger partial charge in [-0.15, -0.1) is 0 Å². The Morgan fingerprint density at radius 2 is 1.90 bits per heavy atom. The van der Waals surface area contributed by atoms with Crippen molar-refractivity contribution in [1.82, 2.24) is 4.98 Å². The molecular formula is C16H20N2O2. The van der Waals surface area contributed by atoms with Crippen LogP contribution in [-0.4, -0.2) is 19.2 Å². The lowest BCUT2D eigenvalue weighted by Crippen LogP contribution is -2.15. The Labute approximate surface area is 119 Å². The summed E-state index contributed by atoms with van der Waals surface area (Å²) in [7, 11) is 3.24. The van der Waals surface area contributed by atoms with Crippen LogP contribution in [0, 0.1) is 6.92 Å². The number of rotatable bonds is 5. The first-order chi connectivity index (χ1) is 9.65. The van der Waals surface area contributed by atoms with Crippen LogP contribution in [0.4, 0.5) is 0 Å². The van der Waals surface area contributed by atoms with Gasteiger partial charge in [0.1, 0.15) is 0 Å². The fourth-order valence-electron chi connectivity index (χ4n) is 2.14. The average molecular weight is 272 g/mol. The van der Waals surface area contributed by atoms with Gasteiger partial charge in [0.15, 0.2) is 11.5 Å². The van der Waals surface area contributed by atoms with Crippen molar-refractivity contribution in [2.24, 2.45) is 5.73 Å². The molecule has 0 saturated heterocycles. The summed E-state index contributed by atoms with van der Waals surface area (Å²) >= 11 is 0. The second-order valence-corrected chi connectivity index (χ2v) is 4.69. The predicted molar refractivity (Wildman–Crippen MR) is 79.2 cm³/mol. The Balaban J connectivity index is 2.21. The number of nitrogens with zero attached hydrogens (tertiary/aromatic N) is 1. The van der Waals surface area contributed by atoms with Crippen LogP contribution < -0.4 is 15.2 Å². The van der Waals surface area contributed by atoms with Gasteiger partial charge in [-0.3, -0.25) is 4.98 Å². The van der Waals surface area contributed by atoms with Gasteiger partial charge in [-0.2, -0.15) is 0 Å². The van der Waals surface area contributed by atoms with E-state index in [0.717, 1.165) is 16.8 Å². The topological polar surface area (TPSA) is 57.4 Å². The van der Waals surface area contributed by atoms with Crippen LogP contribution >= 0.6 is 0 Å². The monoisotopic (exact) mass is 272 g/mol. The number of aromatic nitrogens is 1. The van der Waals surface area contributed by atoms with Crippen LogP contribution in [0.25, 0.3) is 0 Å². The summed E-state index contributed by atoms with van der Waals surface area (Å²) < 4.78 is 10.5. The third-order valence-corrected chi connectivity index (χ3v) is 3.37. The number of pyridine rings is 1. The highest BCUT2D eigenvalue weighted by molar-refractivity contribution is 5.44. The third-order valence-electron chi connectivity index (χ3n) is 3.37. The maximum Gasteiger partial charge on any atom is 0.161 e. The van der Waals surface area contributed by atoms with Gasteiger partial charge in [0.2, 0.25) is 0 Å². The Bertz CT molecular complexity index is 584. The average Bonchev–Trinajstić information content (AvgIpc) is 2.48. The Hall–Kier alpha value is -2.07. The quantitative estimate of drug-likeness (QED) is 0.909. The molecular weight excluding hydrogens is 252 g/mol. The molecule has 106 valence electrons. The zero-order chi connectivity index (χ0) is 14.5. The second kappa shape index (κ2) is 6.39. The highest BCUT2D eigenvalue weighted by Gasteiger charge is 2.12. The smallest absolute Gasteiger partial charge is 0.161 e. The summed E-state index contributed by atoms with van der Waals surface area (Å²) in [4.78, 5) is 4.38. The molecule has 20 heavy (non-hydrogen) atoms. The van der Waals surface area contributed by atoms with Crippen molar-refractivity contribution in [3.8, 4) is 11.5 Å². The lowest BCUT2D eigenvalue weighted by molar-refractivity contribution is 0.354. The van der Waals surface area contributed by atoms with Gasteiger partial charge >= 0.3 is 0 Å². The molecule has 2 N–H and O–H groups in total. The number of nitrogens with two attached hydrogens (primary N) is 1. The van der Waals surface area contributed by atoms with Gasteiger partial charge in [0, 0.05) is 24.4 Å². The van der Waals surface area contributed by atoms with Crippen molar-refractivity contribution in [1.29, 1.82) is 0 Å². The van der Waals surface area contributed by atoms with Crippen LogP contribution in [0.5, 0.6) is 11.5 Å². The maximum atomic E-state index is 6.27. The van der Waals surface area contributed by atoms with Crippen molar-refractivity contribution < 1.29 is 9.47 Å². The summed E-state index contributed by atoms with van der Waals surface area (Å²) in [6, 6.07) is 9.61. The van der Waals surface area contributed by atoms with Crippen LogP contribution in [0.1, 0.15) is 22.9 Å². The minimum Gasteiger partial charge on any atom is -0.493 e. The fraction of sp³-hybridized carbons (Fsp3) is 0.312. The van der Waals surface area contributed by atoms with E-state index in [4.69, 9.17) is 15.2 Å². The first kappa shape index (κ1) is 14.3. The van der Waals surface area contributed by atoms with Gasteiger partial charge in [-0.05, 0) is 36.2 Å². The van der Waals surface area contributed by atoms with E-state index < -0.39 is 0 Å². The Morgan fingerprint density at radius 3 is 2.55 bits per heavy atom. The first-order valence-electron chi connectivity index (χ1n) is 6.53. The van der Waals surface area contributed by atoms with Crippen LogP contribution in [-0.2, 0) is 6.42 Å². The van der Waals surface area contributed by atoms with E-state index in [0.29, 0.717) is 17.9 Å². The molecule has 0 spiro atoms. The van der Waals surface area contributed by atoms with Crippen LogP contribution in [0.2, 0.25) is 0 Å². The molecule has 4 nitrogen and oxygen atoms in total. The molecule has 1 atom stereocenters.